The zero-order valence-electron chi connectivity index (χ0n) is 13.2. The number of methoxy groups -OCH3 is 1. The van der Waals surface area contributed by atoms with Gasteiger partial charge >= 0.3 is 5.97 Å². The van der Waals surface area contributed by atoms with Gasteiger partial charge in [0.2, 0.25) is 0 Å². The van der Waals surface area contributed by atoms with Crippen LogP contribution in [0.1, 0.15) is 62.2 Å². The van der Waals surface area contributed by atoms with E-state index in [2.05, 4.69) is 6.92 Å². The molecule has 0 fully saturated rings. The van der Waals surface area contributed by atoms with Crippen LogP contribution in [0.25, 0.3) is 0 Å². The molecular weight excluding hydrogens is 266 g/mol. The second kappa shape index (κ2) is 10.1. The molecule has 0 heterocycles. The predicted molar refractivity (Wildman–Crippen MR) is 85.7 cm³/mol. The van der Waals surface area contributed by atoms with Gasteiger partial charge < -0.3 is 15.2 Å². The number of unbranched alkanes of at least 4 members (excludes halogenated alkanes) is 6. The predicted octanol–water partition coefficient (Wildman–Crippen LogP) is 4.18. The standard InChI is InChI=1S/C17H27NO3/c1-3-4-5-6-7-8-9-12-21-17(19)15-13-14(20-2)10-11-16(15)18/h10-11,13H,3-9,12,18H2,1-2H3. The van der Waals surface area contributed by atoms with Gasteiger partial charge in [-0.3, -0.25) is 0 Å². The highest BCUT2D eigenvalue weighted by Crippen LogP contribution is 2.20. The molecule has 0 amide bonds. The van der Waals surface area contributed by atoms with Gasteiger partial charge in [0.15, 0.2) is 0 Å². The number of ether oxygens (including phenoxy) is 2. The van der Waals surface area contributed by atoms with Crippen LogP contribution in [0.5, 0.6) is 5.75 Å². The first-order valence-electron chi connectivity index (χ1n) is 7.79. The quantitative estimate of drug-likeness (QED) is 0.399. The molecule has 1 rings (SSSR count). The largest absolute Gasteiger partial charge is 0.497 e. The maximum Gasteiger partial charge on any atom is 0.340 e. The molecule has 0 saturated heterocycles. The van der Waals surface area contributed by atoms with Crippen LogP contribution in [-0.4, -0.2) is 19.7 Å². The topological polar surface area (TPSA) is 61.5 Å². The lowest BCUT2D eigenvalue weighted by Gasteiger charge is -2.08. The minimum atomic E-state index is -0.377. The Morgan fingerprint density at radius 2 is 1.76 bits per heavy atom. The molecular formula is C17H27NO3. The summed E-state index contributed by atoms with van der Waals surface area (Å²) in [6.07, 6.45) is 8.36. The fourth-order valence-electron chi connectivity index (χ4n) is 2.14. The third-order valence-corrected chi connectivity index (χ3v) is 3.46. The first-order valence-corrected chi connectivity index (χ1v) is 7.79. The van der Waals surface area contributed by atoms with Gasteiger partial charge in [-0.15, -0.1) is 0 Å². The van der Waals surface area contributed by atoms with Crippen LogP contribution in [0.2, 0.25) is 0 Å². The van der Waals surface area contributed by atoms with Gasteiger partial charge in [-0.25, -0.2) is 4.79 Å². The summed E-state index contributed by atoms with van der Waals surface area (Å²) >= 11 is 0. The Bertz CT molecular complexity index is 432. The van der Waals surface area contributed by atoms with Crippen molar-refractivity contribution in [1.82, 2.24) is 0 Å². The minimum absolute atomic E-state index is 0.372. The number of hydrogen-bond acceptors (Lipinski definition) is 4. The average Bonchev–Trinajstić information content (AvgIpc) is 2.50. The van der Waals surface area contributed by atoms with Crippen molar-refractivity contribution in [2.75, 3.05) is 19.5 Å². The molecule has 0 aliphatic carbocycles. The zero-order valence-corrected chi connectivity index (χ0v) is 13.2. The summed E-state index contributed by atoms with van der Waals surface area (Å²) < 4.78 is 10.3. The molecule has 118 valence electrons. The molecule has 1 aromatic rings. The first-order chi connectivity index (χ1) is 10.2. The summed E-state index contributed by atoms with van der Waals surface area (Å²) in [4.78, 5) is 11.9. The van der Waals surface area contributed by atoms with Gasteiger partial charge in [0.05, 0.1) is 19.3 Å². The van der Waals surface area contributed by atoms with Gasteiger partial charge in [0.1, 0.15) is 5.75 Å². The molecule has 0 aromatic heterocycles. The Morgan fingerprint density at radius 1 is 1.10 bits per heavy atom. The van der Waals surface area contributed by atoms with Crippen molar-refractivity contribution in [2.45, 2.75) is 51.9 Å². The van der Waals surface area contributed by atoms with Crippen LogP contribution >= 0.6 is 0 Å². The maximum absolute atomic E-state index is 11.9. The highest BCUT2D eigenvalue weighted by atomic mass is 16.5. The molecule has 0 atom stereocenters. The lowest BCUT2D eigenvalue weighted by molar-refractivity contribution is 0.0498. The summed E-state index contributed by atoms with van der Waals surface area (Å²) in [5.41, 5.74) is 6.58. The smallest absolute Gasteiger partial charge is 0.340 e. The van der Waals surface area contributed by atoms with E-state index in [4.69, 9.17) is 15.2 Å². The molecule has 0 spiro atoms. The van der Waals surface area contributed by atoms with Crippen LogP contribution in [-0.2, 0) is 4.74 Å². The fraction of sp³-hybridized carbons (Fsp3) is 0.588. The highest BCUT2D eigenvalue weighted by Gasteiger charge is 2.12. The summed E-state index contributed by atoms with van der Waals surface area (Å²) in [6, 6.07) is 4.99. The van der Waals surface area contributed by atoms with E-state index in [0.717, 1.165) is 12.8 Å². The lowest BCUT2D eigenvalue weighted by atomic mass is 10.1. The van der Waals surface area contributed by atoms with E-state index in [1.165, 1.54) is 32.1 Å². The van der Waals surface area contributed by atoms with Crippen molar-refractivity contribution in [2.24, 2.45) is 0 Å². The molecule has 0 aliphatic rings. The molecule has 0 saturated carbocycles. The van der Waals surface area contributed by atoms with Crippen molar-refractivity contribution in [3.8, 4) is 5.75 Å². The monoisotopic (exact) mass is 293 g/mol. The fourth-order valence-corrected chi connectivity index (χ4v) is 2.14. The van der Waals surface area contributed by atoms with Crippen molar-refractivity contribution < 1.29 is 14.3 Å². The molecule has 0 radical (unpaired) electrons. The molecule has 1 aromatic carbocycles. The summed E-state index contributed by atoms with van der Waals surface area (Å²) in [5, 5.41) is 0. The number of benzene rings is 1. The maximum atomic E-state index is 11.9. The summed E-state index contributed by atoms with van der Waals surface area (Å²) in [5.74, 6) is 0.226. The third-order valence-electron chi connectivity index (χ3n) is 3.46. The van der Waals surface area contributed by atoms with Crippen LogP contribution in [0, 0.1) is 0 Å². The summed E-state index contributed by atoms with van der Waals surface area (Å²) in [7, 11) is 1.55. The number of anilines is 1. The summed E-state index contributed by atoms with van der Waals surface area (Å²) in [6.45, 7) is 2.66. The Balaban J connectivity index is 2.25. The first kappa shape index (κ1) is 17.3. The van der Waals surface area contributed by atoms with E-state index in [0.29, 0.717) is 23.6 Å². The van der Waals surface area contributed by atoms with Gasteiger partial charge in [0, 0.05) is 5.69 Å². The van der Waals surface area contributed by atoms with Gasteiger partial charge in [-0.05, 0) is 24.6 Å². The zero-order chi connectivity index (χ0) is 15.5. The van der Waals surface area contributed by atoms with E-state index < -0.39 is 0 Å². The van der Waals surface area contributed by atoms with E-state index in [1.807, 2.05) is 0 Å². The molecule has 0 unspecified atom stereocenters. The van der Waals surface area contributed by atoms with E-state index in [9.17, 15) is 4.79 Å². The van der Waals surface area contributed by atoms with Crippen LogP contribution < -0.4 is 10.5 Å². The SMILES string of the molecule is CCCCCCCCCOC(=O)c1cc(OC)ccc1N. The number of esters is 1. The van der Waals surface area contributed by atoms with E-state index in [1.54, 1.807) is 25.3 Å². The molecule has 4 heteroatoms. The Morgan fingerprint density at radius 3 is 2.43 bits per heavy atom. The molecule has 0 bridgehead atoms. The van der Waals surface area contributed by atoms with Crippen LogP contribution in [0.3, 0.4) is 0 Å². The molecule has 4 nitrogen and oxygen atoms in total. The third kappa shape index (κ3) is 6.52. The number of hydrogen-bond donors (Lipinski definition) is 1. The van der Waals surface area contributed by atoms with Gasteiger partial charge in [-0.1, -0.05) is 45.4 Å². The van der Waals surface area contributed by atoms with Gasteiger partial charge in [0.25, 0.3) is 0 Å². The Labute approximate surface area is 127 Å². The second-order valence-corrected chi connectivity index (χ2v) is 5.21. The van der Waals surface area contributed by atoms with Crippen LogP contribution in [0.4, 0.5) is 5.69 Å². The van der Waals surface area contributed by atoms with Crippen molar-refractivity contribution >= 4 is 11.7 Å². The van der Waals surface area contributed by atoms with Gasteiger partial charge in [-0.2, -0.15) is 0 Å². The minimum Gasteiger partial charge on any atom is -0.497 e. The van der Waals surface area contributed by atoms with E-state index in [-0.39, 0.29) is 5.97 Å². The lowest BCUT2D eigenvalue weighted by Crippen LogP contribution is -2.09. The van der Waals surface area contributed by atoms with Crippen molar-refractivity contribution in [3.05, 3.63) is 23.8 Å². The highest BCUT2D eigenvalue weighted by molar-refractivity contribution is 5.95. The molecule has 21 heavy (non-hydrogen) atoms. The molecule has 0 aliphatic heterocycles. The number of nitrogen functional groups attached to an aromatic ring is 1. The number of carbonyl (C=O) groups excluding carboxylic acids is 1. The number of rotatable bonds is 10. The average molecular weight is 293 g/mol. The number of nitrogens with two attached hydrogens (primary N) is 1. The Kier molecular flexibility index (Phi) is 8.32. The second-order valence-electron chi connectivity index (χ2n) is 5.21. The van der Waals surface area contributed by atoms with Crippen LogP contribution in [0.15, 0.2) is 18.2 Å². The number of carbonyl (C=O) groups is 1. The Hall–Kier alpha value is -1.71. The normalized spacial score (nSPS) is 10.4. The van der Waals surface area contributed by atoms with E-state index >= 15 is 0 Å². The van der Waals surface area contributed by atoms with Crippen molar-refractivity contribution in [3.63, 3.8) is 0 Å². The van der Waals surface area contributed by atoms with Crippen molar-refractivity contribution in [1.29, 1.82) is 0 Å². The molecule has 2 N–H and O–H groups in total.